The van der Waals surface area contributed by atoms with Gasteiger partial charge >= 0.3 is 29.6 Å². The van der Waals surface area contributed by atoms with Gasteiger partial charge in [0.05, 0.1) is 54.8 Å². The summed E-state index contributed by atoms with van der Waals surface area (Å²) < 4.78 is 23.1. The monoisotopic (exact) mass is 1110 g/mol. The number of halogens is 2. The van der Waals surface area contributed by atoms with Crippen molar-refractivity contribution < 1.29 is 68.6 Å². The molecule has 0 unspecified atom stereocenters. The molecule has 5 aromatic heterocycles. The third-order valence-corrected chi connectivity index (χ3v) is 10.8. The molecule has 8 aromatic rings. The third-order valence-electron chi connectivity index (χ3n) is 9.49. The molecular formula is C45H43Cl2N16NaO11S. The Morgan fingerprint density at radius 3 is 1.50 bits per heavy atom. The molecule has 5 heterocycles. The third kappa shape index (κ3) is 19.1. The van der Waals surface area contributed by atoms with Crippen LogP contribution in [0.25, 0.3) is 5.82 Å². The summed E-state index contributed by atoms with van der Waals surface area (Å²) in [5.41, 5.74) is 6.50. The van der Waals surface area contributed by atoms with E-state index in [2.05, 4.69) is 61.2 Å². The minimum absolute atomic E-state index is 0. The second-order valence-corrected chi connectivity index (χ2v) is 17.6. The number of aldehydes is 2. The molecule has 0 aliphatic rings. The fourth-order valence-corrected chi connectivity index (χ4v) is 6.36. The van der Waals surface area contributed by atoms with E-state index in [9.17, 15) is 53.1 Å². The van der Waals surface area contributed by atoms with Gasteiger partial charge in [0, 0.05) is 79.2 Å². The van der Waals surface area contributed by atoms with Crippen molar-refractivity contribution in [2.24, 2.45) is 0 Å². The Morgan fingerprint density at radius 2 is 1.11 bits per heavy atom. The number of sulfone groups is 1. The van der Waals surface area contributed by atoms with E-state index >= 15 is 0 Å². The van der Waals surface area contributed by atoms with Crippen LogP contribution in [0.1, 0.15) is 50.2 Å². The van der Waals surface area contributed by atoms with E-state index in [4.69, 9.17) is 23.2 Å². The van der Waals surface area contributed by atoms with Crippen molar-refractivity contribution in [3.8, 4) is 5.82 Å². The molecule has 0 aliphatic heterocycles. The molecule has 4 N–H and O–H groups in total. The van der Waals surface area contributed by atoms with Crippen LogP contribution in [0.3, 0.4) is 0 Å². The zero-order chi connectivity index (χ0) is 55.4. The van der Waals surface area contributed by atoms with E-state index in [-0.39, 0.29) is 64.3 Å². The normalized spacial score (nSPS) is 10.1. The number of hydrogen-bond donors (Lipinski definition) is 4. The maximum Gasteiger partial charge on any atom is 1.00 e. The molecule has 0 aliphatic carbocycles. The summed E-state index contributed by atoms with van der Waals surface area (Å²) >= 11 is 11.2. The van der Waals surface area contributed by atoms with Crippen LogP contribution in [0.5, 0.6) is 0 Å². The molecule has 1 amide bonds. The number of nitrogens with zero attached hydrogens (tertiary/aromatic N) is 12. The van der Waals surface area contributed by atoms with Crippen molar-refractivity contribution in [3.63, 3.8) is 0 Å². The number of nitrogens with one attached hydrogen (secondary N) is 4. The van der Waals surface area contributed by atoms with E-state index in [0.29, 0.717) is 57.2 Å². The molecule has 390 valence electrons. The van der Waals surface area contributed by atoms with Gasteiger partial charge in [-0.15, -0.1) is 0 Å². The summed E-state index contributed by atoms with van der Waals surface area (Å²) in [6.07, 6.45) is 10.4. The van der Waals surface area contributed by atoms with Crippen LogP contribution in [0.4, 0.5) is 46.0 Å². The summed E-state index contributed by atoms with van der Waals surface area (Å²) in [5, 5.41) is 50.9. The van der Waals surface area contributed by atoms with Gasteiger partial charge in [-0.3, -0.25) is 49.8 Å². The average molecular weight is 1110 g/mol. The SMILES string of the molecule is CS(=O)(=O)c1nccc(Cl)n1.Cc1[nH]ncc1C=O.Cc1ccc([N+](=O)[O-])cc1NC=O.Cc1ccc([N+](=O)[O-])cc1Nc1nccc(-n2cc(C=O)c(C)n2)n1.Cc1ccc([N+](=O)[O-])cc1Nc1nccc(Cl)n1.[H-].[Na+]. The number of rotatable bonds is 13. The molecule has 8 rings (SSSR count). The second kappa shape index (κ2) is 29.4. The number of aromatic nitrogens is 10. The first-order chi connectivity index (χ1) is 35.5. The zero-order valence-corrected chi connectivity index (χ0v) is 45.4. The smallest absolute Gasteiger partial charge is 1.00 e. The Bertz CT molecular complexity index is 3490. The molecule has 0 atom stereocenters. The average Bonchev–Trinajstić information content (AvgIpc) is 3.98. The minimum atomic E-state index is -3.33. The number of amides is 1. The zero-order valence-electron chi connectivity index (χ0n) is 42.1. The van der Waals surface area contributed by atoms with Crippen LogP contribution >= 0.6 is 23.2 Å². The van der Waals surface area contributed by atoms with Crippen molar-refractivity contribution in [2.75, 3.05) is 22.2 Å². The fourth-order valence-electron chi connectivity index (χ4n) is 5.52. The van der Waals surface area contributed by atoms with Crippen LogP contribution in [0, 0.1) is 65.0 Å². The summed E-state index contributed by atoms with van der Waals surface area (Å²) in [6, 6.07) is 18.0. The van der Waals surface area contributed by atoms with E-state index < -0.39 is 24.6 Å². The van der Waals surface area contributed by atoms with Crippen LogP contribution < -0.4 is 45.5 Å². The number of carbonyl (C=O) groups excluding carboxylic acids is 3. The number of anilines is 5. The minimum Gasteiger partial charge on any atom is -1.00 e. The van der Waals surface area contributed by atoms with Crippen molar-refractivity contribution in [2.45, 2.75) is 39.8 Å². The summed E-state index contributed by atoms with van der Waals surface area (Å²) in [6.45, 7) is 8.94. The number of nitro groups is 3. The number of aryl methyl sites for hydroxylation is 5. The molecule has 0 saturated heterocycles. The number of non-ortho nitro benzene ring substituents is 3. The molecule has 0 bridgehead atoms. The Morgan fingerprint density at radius 1 is 0.645 bits per heavy atom. The molecule has 27 nitrogen and oxygen atoms in total. The van der Waals surface area contributed by atoms with Crippen LogP contribution in [0.15, 0.2) is 109 Å². The largest absolute Gasteiger partial charge is 1.00 e. The molecule has 3 aromatic carbocycles. The molecule has 0 radical (unpaired) electrons. The first-order valence-electron chi connectivity index (χ1n) is 21.0. The van der Waals surface area contributed by atoms with Gasteiger partial charge in [-0.25, -0.2) is 38.0 Å². The number of carbonyl (C=O) groups is 3. The Kier molecular flexibility index (Phi) is 23.9. The Labute approximate surface area is 465 Å². The Balaban J connectivity index is 0.000000345. The van der Waals surface area contributed by atoms with Gasteiger partial charge < -0.3 is 17.4 Å². The number of hydrogen-bond acceptors (Lipinski definition) is 21. The van der Waals surface area contributed by atoms with Gasteiger partial charge in [-0.05, 0) is 63.4 Å². The van der Waals surface area contributed by atoms with Gasteiger partial charge in [-0.2, -0.15) is 15.2 Å². The molecule has 31 heteroatoms. The first-order valence-corrected chi connectivity index (χ1v) is 23.6. The molecule has 0 saturated carbocycles. The maximum absolute atomic E-state index is 11.0. The van der Waals surface area contributed by atoms with Gasteiger partial charge in [0.2, 0.25) is 33.3 Å². The number of H-pyrrole nitrogens is 1. The molecule has 0 fully saturated rings. The molecule has 0 spiro atoms. The quantitative estimate of drug-likeness (QED) is 0.0277. The topological polar surface area (TPSA) is 375 Å². The molecular weight excluding hydrogens is 1070 g/mol. The van der Waals surface area contributed by atoms with E-state index in [1.807, 2.05) is 13.8 Å². The maximum atomic E-state index is 11.0. The Hall–Kier alpha value is -8.54. The first kappa shape index (κ1) is 61.8. The van der Waals surface area contributed by atoms with Crippen molar-refractivity contribution in [1.29, 1.82) is 0 Å². The fraction of sp³-hybridized carbons (Fsp3) is 0.133. The van der Waals surface area contributed by atoms with Gasteiger partial charge in [-0.1, -0.05) is 41.4 Å². The molecule has 76 heavy (non-hydrogen) atoms. The van der Waals surface area contributed by atoms with E-state index in [1.165, 1.54) is 71.9 Å². The standard InChI is InChI=1S/C16H14N6O3.C11H9ClN4O2.C8H8N2O3.C5H5ClN2O2S.C5H6N2O.Na.H/c1-10-3-4-13(22(24)25)7-14(10)18-16-17-6-5-15(19-16)21-8-12(9-23)11(2)20-21;1-7-2-3-8(16(17)18)6-9(7)14-11-13-5-4-10(12)15-11;1-6-2-3-7(10(12)13)4-8(6)9-5-11;1-11(9,10)5-7-3-2-4(6)8-5;1-4-5(3-8)2-6-7-4;;/h3-9H,1-2H3,(H,17,18,19);2-6H,1H3,(H,13,14,15);2-5H,1H3,(H,9,11);2-3H,1H3;2-3H,1H3,(H,6,7);;/q;;;;;+1;-1. The number of benzene rings is 3. The van der Waals surface area contributed by atoms with Gasteiger partial charge in [0.25, 0.3) is 17.1 Å². The van der Waals surface area contributed by atoms with Crippen molar-refractivity contribution >= 4 is 98.0 Å². The van der Waals surface area contributed by atoms with Gasteiger partial charge in [0.15, 0.2) is 18.4 Å². The summed E-state index contributed by atoms with van der Waals surface area (Å²) in [4.78, 5) is 85.1. The van der Waals surface area contributed by atoms with Crippen molar-refractivity contribution in [1.82, 2.24) is 49.9 Å². The summed E-state index contributed by atoms with van der Waals surface area (Å²) in [7, 11) is -3.33. The van der Waals surface area contributed by atoms with Crippen LogP contribution in [-0.4, -0.2) is 98.3 Å². The van der Waals surface area contributed by atoms with E-state index in [1.54, 1.807) is 57.3 Å². The van der Waals surface area contributed by atoms with Crippen LogP contribution in [-0.2, 0) is 14.6 Å². The summed E-state index contributed by atoms with van der Waals surface area (Å²) in [5.74, 6) is 1.03. The number of aromatic amines is 1. The number of nitro benzene ring substituents is 3. The van der Waals surface area contributed by atoms with E-state index in [0.717, 1.165) is 41.2 Å². The van der Waals surface area contributed by atoms with Crippen LogP contribution in [0.2, 0.25) is 10.3 Å². The predicted octanol–water partition coefficient (Wildman–Crippen LogP) is 5.49. The second-order valence-electron chi connectivity index (χ2n) is 15.0. The van der Waals surface area contributed by atoms with Gasteiger partial charge in [0.1, 0.15) is 10.3 Å². The predicted molar refractivity (Wildman–Crippen MR) is 276 cm³/mol. The van der Waals surface area contributed by atoms with Crippen molar-refractivity contribution in [3.05, 3.63) is 184 Å².